The molecule has 8 nitrogen and oxygen atoms in total. The molecule has 0 fully saturated rings. The molecule has 2 rings (SSSR count). The number of hydrogen-bond donors (Lipinski definition) is 3. The van der Waals surface area contributed by atoms with Crippen molar-refractivity contribution in [3.63, 3.8) is 0 Å². The number of furan rings is 1. The van der Waals surface area contributed by atoms with E-state index in [-0.39, 0.29) is 37.2 Å². The molecule has 0 unspecified atom stereocenters. The quantitative estimate of drug-likeness (QED) is 0.666. The Bertz CT molecular complexity index is 757. The highest BCUT2D eigenvalue weighted by molar-refractivity contribution is 5.84. The molecule has 0 saturated carbocycles. The fourth-order valence-electron chi connectivity index (χ4n) is 2.21. The number of nitrogens with one attached hydrogen (secondary N) is 2. The van der Waals surface area contributed by atoms with Crippen molar-refractivity contribution in [1.82, 2.24) is 15.5 Å². The van der Waals surface area contributed by atoms with E-state index in [1.807, 2.05) is 30.3 Å². The van der Waals surface area contributed by atoms with Crippen molar-refractivity contribution >= 4 is 17.9 Å². The molecule has 138 valence electrons. The molecule has 26 heavy (non-hydrogen) atoms. The molecule has 1 aromatic carbocycles. The van der Waals surface area contributed by atoms with Gasteiger partial charge in [0.1, 0.15) is 5.76 Å². The van der Waals surface area contributed by atoms with Gasteiger partial charge in [-0.15, -0.1) is 0 Å². The maximum atomic E-state index is 12.0. The summed E-state index contributed by atoms with van der Waals surface area (Å²) in [7, 11) is 1.68. The molecule has 8 heteroatoms. The maximum absolute atomic E-state index is 12.0. The van der Waals surface area contributed by atoms with Crippen molar-refractivity contribution in [2.45, 2.75) is 19.5 Å². The summed E-state index contributed by atoms with van der Waals surface area (Å²) in [5, 5.41) is 14.0. The van der Waals surface area contributed by atoms with Crippen molar-refractivity contribution in [3.8, 4) is 0 Å². The number of nitrogens with zero attached hydrogens (tertiary/aromatic N) is 1. The highest BCUT2D eigenvalue weighted by Gasteiger charge is 2.11. The predicted octanol–water partition coefficient (Wildman–Crippen LogP) is 1.83. The molecule has 0 saturated heterocycles. The van der Waals surface area contributed by atoms with Crippen LogP contribution in [-0.2, 0) is 17.9 Å². The van der Waals surface area contributed by atoms with Gasteiger partial charge in [-0.3, -0.25) is 4.79 Å². The first kappa shape index (κ1) is 19.0. The third-order valence-electron chi connectivity index (χ3n) is 3.57. The van der Waals surface area contributed by atoms with Gasteiger partial charge in [0.05, 0.1) is 6.54 Å². The summed E-state index contributed by atoms with van der Waals surface area (Å²) >= 11 is 0. The van der Waals surface area contributed by atoms with E-state index < -0.39 is 5.97 Å². The van der Waals surface area contributed by atoms with E-state index in [9.17, 15) is 14.4 Å². The number of aromatic carboxylic acids is 1. The highest BCUT2D eigenvalue weighted by atomic mass is 16.4. The number of carbonyl (C=O) groups excluding carboxylic acids is 2. The van der Waals surface area contributed by atoms with Gasteiger partial charge in [-0.05, 0) is 17.7 Å². The van der Waals surface area contributed by atoms with Crippen LogP contribution < -0.4 is 10.6 Å². The third-order valence-corrected chi connectivity index (χ3v) is 3.57. The molecule has 2 aromatic rings. The largest absolute Gasteiger partial charge is 0.475 e. The molecule has 0 aliphatic heterocycles. The van der Waals surface area contributed by atoms with Gasteiger partial charge in [-0.2, -0.15) is 0 Å². The Labute approximate surface area is 150 Å². The number of amides is 3. The number of carboxylic acid groups (broad SMARTS) is 1. The summed E-state index contributed by atoms with van der Waals surface area (Å²) in [4.78, 5) is 36.0. The zero-order valence-corrected chi connectivity index (χ0v) is 14.4. The average Bonchev–Trinajstić information content (AvgIpc) is 3.10. The Hall–Kier alpha value is -3.29. The van der Waals surface area contributed by atoms with Crippen LogP contribution in [0.5, 0.6) is 0 Å². The Kier molecular flexibility index (Phi) is 6.78. The molecule has 0 aliphatic rings. The van der Waals surface area contributed by atoms with Gasteiger partial charge >= 0.3 is 12.0 Å². The van der Waals surface area contributed by atoms with E-state index in [1.165, 1.54) is 17.0 Å². The van der Waals surface area contributed by atoms with Gasteiger partial charge in [0.2, 0.25) is 11.7 Å². The molecule has 3 N–H and O–H groups in total. The summed E-state index contributed by atoms with van der Waals surface area (Å²) in [6.45, 7) is 0.763. The lowest BCUT2D eigenvalue weighted by Gasteiger charge is -2.18. The first-order valence-corrected chi connectivity index (χ1v) is 8.07. The Morgan fingerprint density at radius 2 is 1.81 bits per heavy atom. The predicted molar refractivity (Wildman–Crippen MR) is 93.4 cm³/mol. The monoisotopic (exact) mass is 359 g/mol. The number of carbonyl (C=O) groups is 3. The number of carboxylic acids is 1. The van der Waals surface area contributed by atoms with Crippen LogP contribution in [0.15, 0.2) is 46.9 Å². The lowest BCUT2D eigenvalue weighted by Crippen LogP contribution is -2.38. The number of hydrogen-bond acceptors (Lipinski definition) is 4. The molecule has 3 amide bonds. The molecule has 1 heterocycles. The lowest BCUT2D eigenvalue weighted by molar-refractivity contribution is -0.121. The van der Waals surface area contributed by atoms with E-state index in [2.05, 4.69) is 10.6 Å². The number of benzene rings is 1. The fraction of sp³-hybridized carbons (Fsp3) is 0.278. The van der Waals surface area contributed by atoms with Gasteiger partial charge in [-0.1, -0.05) is 30.3 Å². The summed E-state index contributed by atoms with van der Waals surface area (Å²) < 4.78 is 5.04. The normalized spacial score (nSPS) is 10.2. The number of urea groups is 1. The second-order valence-electron chi connectivity index (χ2n) is 5.67. The van der Waals surface area contributed by atoms with Crippen molar-refractivity contribution in [2.75, 3.05) is 13.6 Å². The summed E-state index contributed by atoms with van der Waals surface area (Å²) in [6, 6.07) is 12.1. The Balaban J connectivity index is 1.65. The van der Waals surface area contributed by atoms with E-state index in [4.69, 9.17) is 9.52 Å². The first-order valence-electron chi connectivity index (χ1n) is 8.07. The van der Waals surface area contributed by atoms with E-state index in [1.54, 1.807) is 7.05 Å². The Morgan fingerprint density at radius 3 is 2.46 bits per heavy atom. The van der Waals surface area contributed by atoms with Crippen LogP contribution in [0.25, 0.3) is 0 Å². The second kappa shape index (κ2) is 9.26. The second-order valence-corrected chi connectivity index (χ2v) is 5.67. The van der Waals surface area contributed by atoms with Crippen LogP contribution >= 0.6 is 0 Å². The van der Waals surface area contributed by atoms with Gasteiger partial charge in [-0.25, -0.2) is 9.59 Å². The third kappa shape index (κ3) is 5.97. The minimum absolute atomic E-state index is 0.0912. The molecule has 1 aromatic heterocycles. The molecular formula is C18H21N3O5. The van der Waals surface area contributed by atoms with Gasteiger partial charge < -0.3 is 25.1 Å². The van der Waals surface area contributed by atoms with Gasteiger partial charge in [0.25, 0.3) is 0 Å². The average molecular weight is 359 g/mol. The summed E-state index contributed by atoms with van der Waals surface area (Å²) in [6.07, 6.45) is 0.109. The molecule has 0 radical (unpaired) electrons. The van der Waals surface area contributed by atoms with Crippen molar-refractivity contribution in [2.24, 2.45) is 0 Å². The molecular weight excluding hydrogens is 338 g/mol. The van der Waals surface area contributed by atoms with Crippen LogP contribution in [0, 0.1) is 0 Å². The molecule has 0 aliphatic carbocycles. The minimum atomic E-state index is -1.16. The fourth-order valence-corrected chi connectivity index (χ4v) is 2.21. The Morgan fingerprint density at radius 1 is 1.08 bits per heavy atom. The lowest BCUT2D eigenvalue weighted by atomic mass is 10.2. The highest BCUT2D eigenvalue weighted by Crippen LogP contribution is 2.07. The van der Waals surface area contributed by atoms with E-state index >= 15 is 0 Å². The maximum Gasteiger partial charge on any atom is 0.371 e. The standard InChI is InChI=1S/C18H21N3O5/c1-21(12-13-5-3-2-4-6-13)18(25)19-10-9-16(22)20-11-14-7-8-15(26-14)17(23)24/h2-8H,9-12H2,1H3,(H,19,25)(H,20,22)(H,23,24). The van der Waals surface area contributed by atoms with Crippen molar-refractivity contribution < 1.29 is 23.9 Å². The zero-order valence-electron chi connectivity index (χ0n) is 14.4. The van der Waals surface area contributed by atoms with Crippen molar-refractivity contribution in [1.29, 1.82) is 0 Å². The topological polar surface area (TPSA) is 112 Å². The van der Waals surface area contributed by atoms with E-state index in [0.29, 0.717) is 12.3 Å². The van der Waals surface area contributed by atoms with Gasteiger partial charge in [0.15, 0.2) is 0 Å². The SMILES string of the molecule is CN(Cc1ccccc1)C(=O)NCCC(=O)NCc1ccc(C(=O)O)o1. The number of rotatable bonds is 8. The zero-order chi connectivity index (χ0) is 18.9. The van der Waals surface area contributed by atoms with Crippen LogP contribution in [0.1, 0.15) is 28.3 Å². The van der Waals surface area contributed by atoms with Crippen LogP contribution in [0.2, 0.25) is 0 Å². The summed E-state index contributed by atoms with van der Waals surface area (Å²) in [5.41, 5.74) is 1.02. The summed E-state index contributed by atoms with van der Waals surface area (Å²) in [5.74, 6) is -1.26. The first-order chi connectivity index (χ1) is 12.5. The molecule has 0 spiro atoms. The van der Waals surface area contributed by atoms with Crippen LogP contribution in [-0.4, -0.2) is 41.5 Å². The molecule has 0 atom stereocenters. The smallest absolute Gasteiger partial charge is 0.371 e. The van der Waals surface area contributed by atoms with E-state index in [0.717, 1.165) is 5.56 Å². The minimum Gasteiger partial charge on any atom is -0.475 e. The van der Waals surface area contributed by atoms with Crippen LogP contribution in [0.3, 0.4) is 0 Å². The van der Waals surface area contributed by atoms with Gasteiger partial charge in [0, 0.05) is 26.6 Å². The van der Waals surface area contributed by atoms with Crippen molar-refractivity contribution in [3.05, 3.63) is 59.5 Å². The molecule has 0 bridgehead atoms. The van der Waals surface area contributed by atoms with Crippen LogP contribution in [0.4, 0.5) is 4.79 Å².